The summed E-state index contributed by atoms with van der Waals surface area (Å²) in [6.45, 7) is 3.55. The molecule has 2 aromatic heterocycles. The predicted molar refractivity (Wildman–Crippen MR) is 74.1 cm³/mol. The van der Waals surface area contributed by atoms with E-state index in [1.807, 2.05) is 23.0 Å². The Morgan fingerprint density at radius 2 is 2.11 bits per heavy atom. The van der Waals surface area contributed by atoms with Crippen LogP contribution >= 0.6 is 11.6 Å². The van der Waals surface area contributed by atoms with Crippen LogP contribution < -0.4 is 0 Å². The maximum Gasteiger partial charge on any atom is 0.0974 e. The molecule has 0 atom stereocenters. The second-order valence-corrected chi connectivity index (χ2v) is 4.59. The molecule has 0 aliphatic carbocycles. The highest BCUT2D eigenvalue weighted by molar-refractivity contribution is 6.16. The van der Waals surface area contributed by atoms with Crippen LogP contribution in [0.2, 0.25) is 0 Å². The van der Waals surface area contributed by atoms with E-state index in [1.54, 1.807) is 4.68 Å². The second-order valence-electron chi connectivity index (χ2n) is 4.32. The number of nitrogens with zero attached hydrogens (tertiary/aromatic N) is 5. The third-order valence-electron chi connectivity index (χ3n) is 3.07. The lowest BCUT2D eigenvalue weighted by Gasteiger charge is -1.96. The molecule has 0 radical (unpaired) electrons. The van der Waals surface area contributed by atoms with Gasteiger partial charge in [-0.15, -0.1) is 16.7 Å². The number of aryl methyl sites for hydroxylation is 1. The van der Waals surface area contributed by atoms with E-state index >= 15 is 0 Å². The molecule has 0 bridgehead atoms. The third-order valence-corrected chi connectivity index (χ3v) is 3.34. The summed E-state index contributed by atoms with van der Waals surface area (Å²) in [5.41, 5.74) is 2.93. The van der Waals surface area contributed by atoms with E-state index in [1.165, 1.54) is 0 Å². The van der Waals surface area contributed by atoms with Crippen molar-refractivity contribution >= 4 is 22.5 Å². The van der Waals surface area contributed by atoms with Crippen LogP contribution in [-0.2, 0) is 19.0 Å². The van der Waals surface area contributed by atoms with Gasteiger partial charge in [-0.1, -0.05) is 23.4 Å². The molecule has 98 valence electrons. The Bertz CT molecular complexity index is 700. The zero-order chi connectivity index (χ0) is 13.2. The third kappa shape index (κ3) is 2.21. The Labute approximate surface area is 115 Å². The van der Waals surface area contributed by atoms with Gasteiger partial charge in [0.15, 0.2) is 0 Å². The van der Waals surface area contributed by atoms with E-state index in [4.69, 9.17) is 11.6 Å². The van der Waals surface area contributed by atoms with Gasteiger partial charge in [0.25, 0.3) is 0 Å². The van der Waals surface area contributed by atoms with E-state index in [9.17, 15) is 0 Å². The van der Waals surface area contributed by atoms with Crippen LogP contribution in [0.4, 0.5) is 0 Å². The van der Waals surface area contributed by atoms with Crippen LogP contribution in [0.1, 0.15) is 18.3 Å². The molecule has 3 aromatic rings. The number of para-hydroxylation sites is 1. The van der Waals surface area contributed by atoms with Gasteiger partial charge in [-0.2, -0.15) is 5.10 Å². The second kappa shape index (κ2) is 5.01. The van der Waals surface area contributed by atoms with E-state index < -0.39 is 0 Å². The molecule has 1 aromatic carbocycles. The molecule has 0 aliphatic rings. The number of rotatable bonds is 4. The van der Waals surface area contributed by atoms with Gasteiger partial charge in [0, 0.05) is 11.9 Å². The number of hydrogen-bond donors (Lipinski definition) is 0. The maximum atomic E-state index is 5.73. The number of hydrogen-bond acceptors (Lipinski definition) is 3. The van der Waals surface area contributed by atoms with Crippen molar-refractivity contribution in [2.75, 3.05) is 0 Å². The van der Waals surface area contributed by atoms with Crippen molar-refractivity contribution < 1.29 is 0 Å². The Kier molecular flexibility index (Phi) is 3.21. The Hall–Kier alpha value is -1.88. The number of halogens is 1. The molecule has 3 rings (SSSR count). The SMILES string of the molecule is CCn1nc(Cn2cc(CCl)nn2)c2ccccc21. The molecule has 5 nitrogen and oxygen atoms in total. The van der Waals surface area contributed by atoms with Gasteiger partial charge in [-0.3, -0.25) is 4.68 Å². The largest absolute Gasteiger partial charge is 0.265 e. The molecule has 0 saturated heterocycles. The summed E-state index contributed by atoms with van der Waals surface area (Å²) >= 11 is 5.73. The van der Waals surface area contributed by atoms with Gasteiger partial charge in [0.05, 0.1) is 35.5 Å². The summed E-state index contributed by atoms with van der Waals surface area (Å²) in [7, 11) is 0. The first-order valence-corrected chi connectivity index (χ1v) is 6.74. The predicted octanol–water partition coefficient (Wildman–Crippen LogP) is 2.43. The fourth-order valence-corrected chi connectivity index (χ4v) is 2.31. The average Bonchev–Trinajstić information content (AvgIpc) is 3.04. The fourth-order valence-electron chi connectivity index (χ4n) is 2.18. The summed E-state index contributed by atoms with van der Waals surface area (Å²) in [6.07, 6.45) is 1.85. The van der Waals surface area contributed by atoms with Gasteiger partial charge < -0.3 is 0 Å². The summed E-state index contributed by atoms with van der Waals surface area (Å²) in [4.78, 5) is 0. The van der Waals surface area contributed by atoms with Gasteiger partial charge >= 0.3 is 0 Å². The normalized spacial score (nSPS) is 11.3. The molecule has 6 heteroatoms. The molecule has 19 heavy (non-hydrogen) atoms. The van der Waals surface area contributed by atoms with Crippen LogP contribution in [-0.4, -0.2) is 24.8 Å². The smallest absolute Gasteiger partial charge is 0.0974 e. The number of benzene rings is 1. The van der Waals surface area contributed by atoms with Crippen LogP contribution in [0.25, 0.3) is 10.9 Å². The zero-order valence-corrected chi connectivity index (χ0v) is 11.4. The van der Waals surface area contributed by atoms with E-state index in [-0.39, 0.29) is 0 Å². The fraction of sp³-hybridized carbons (Fsp3) is 0.308. The Morgan fingerprint density at radius 1 is 1.26 bits per heavy atom. The van der Waals surface area contributed by atoms with E-state index in [2.05, 4.69) is 34.5 Å². The van der Waals surface area contributed by atoms with Crippen molar-refractivity contribution in [2.24, 2.45) is 0 Å². The van der Waals surface area contributed by atoms with E-state index in [0.717, 1.165) is 28.8 Å². The quantitative estimate of drug-likeness (QED) is 0.687. The Balaban J connectivity index is 2.00. The molecule has 0 N–H and O–H groups in total. The van der Waals surface area contributed by atoms with Crippen molar-refractivity contribution in [1.82, 2.24) is 24.8 Å². The van der Waals surface area contributed by atoms with E-state index in [0.29, 0.717) is 12.4 Å². The van der Waals surface area contributed by atoms with Crippen molar-refractivity contribution in [3.8, 4) is 0 Å². The first-order chi connectivity index (χ1) is 9.31. The Morgan fingerprint density at radius 3 is 2.84 bits per heavy atom. The monoisotopic (exact) mass is 275 g/mol. The minimum atomic E-state index is 0.379. The highest BCUT2D eigenvalue weighted by Crippen LogP contribution is 2.19. The highest BCUT2D eigenvalue weighted by Gasteiger charge is 2.10. The first-order valence-electron chi connectivity index (χ1n) is 6.21. The number of fused-ring (bicyclic) bond motifs is 1. The summed E-state index contributed by atoms with van der Waals surface area (Å²) in [6, 6.07) is 8.23. The molecular weight excluding hydrogens is 262 g/mol. The van der Waals surface area contributed by atoms with Crippen molar-refractivity contribution in [3.63, 3.8) is 0 Å². The zero-order valence-electron chi connectivity index (χ0n) is 10.6. The molecular formula is C13H14ClN5. The summed E-state index contributed by atoms with van der Waals surface area (Å²) in [5.74, 6) is 0.379. The first kappa shape index (κ1) is 12.2. The van der Waals surface area contributed by atoms with Gasteiger partial charge in [0.1, 0.15) is 0 Å². The van der Waals surface area contributed by atoms with Crippen LogP contribution in [0, 0.1) is 0 Å². The lowest BCUT2D eigenvalue weighted by atomic mass is 10.2. The molecule has 0 fully saturated rings. The van der Waals surface area contributed by atoms with Gasteiger partial charge in [-0.25, -0.2) is 4.68 Å². The maximum absolute atomic E-state index is 5.73. The number of aromatic nitrogens is 5. The lowest BCUT2D eigenvalue weighted by molar-refractivity contribution is 0.611. The van der Waals surface area contributed by atoms with Crippen LogP contribution in [0.3, 0.4) is 0 Å². The van der Waals surface area contributed by atoms with Gasteiger partial charge in [-0.05, 0) is 13.0 Å². The van der Waals surface area contributed by atoms with Crippen LogP contribution in [0.15, 0.2) is 30.5 Å². The summed E-state index contributed by atoms with van der Waals surface area (Å²) < 4.78 is 3.77. The minimum absolute atomic E-state index is 0.379. The van der Waals surface area contributed by atoms with Crippen LogP contribution in [0.5, 0.6) is 0 Å². The number of alkyl halides is 1. The van der Waals surface area contributed by atoms with Crippen molar-refractivity contribution in [2.45, 2.75) is 25.9 Å². The van der Waals surface area contributed by atoms with Crippen molar-refractivity contribution in [1.29, 1.82) is 0 Å². The van der Waals surface area contributed by atoms with Gasteiger partial charge in [0.2, 0.25) is 0 Å². The molecule has 0 aliphatic heterocycles. The average molecular weight is 276 g/mol. The molecule has 0 saturated carbocycles. The van der Waals surface area contributed by atoms with Crippen molar-refractivity contribution in [3.05, 3.63) is 41.9 Å². The minimum Gasteiger partial charge on any atom is -0.265 e. The molecule has 2 heterocycles. The lowest BCUT2D eigenvalue weighted by Crippen LogP contribution is -2.03. The topological polar surface area (TPSA) is 48.5 Å². The standard InChI is InChI=1S/C13H14ClN5/c1-2-19-13-6-4-3-5-11(13)12(16-19)9-18-8-10(7-14)15-17-18/h3-6,8H,2,7,9H2,1H3. The highest BCUT2D eigenvalue weighted by atomic mass is 35.5. The molecule has 0 unspecified atom stereocenters. The molecule has 0 spiro atoms. The molecule has 0 amide bonds. The summed E-state index contributed by atoms with van der Waals surface area (Å²) in [5, 5.41) is 13.8.